The molecule has 1 aromatic carbocycles. The summed E-state index contributed by atoms with van der Waals surface area (Å²) in [5, 5.41) is 12.5. The van der Waals surface area contributed by atoms with Crippen molar-refractivity contribution in [1.82, 2.24) is 5.32 Å². The van der Waals surface area contributed by atoms with Crippen LogP contribution in [0.15, 0.2) is 18.2 Å². The molecule has 1 atom stereocenters. The van der Waals surface area contributed by atoms with Gasteiger partial charge in [-0.25, -0.2) is 0 Å². The highest BCUT2D eigenvalue weighted by molar-refractivity contribution is 5.78. The summed E-state index contributed by atoms with van der Waals surface area (Å²) >= 11 is 0. The van der Waals surface area contributed by atoms with E-state index in [9.17, 15) is 9.90 Å². The molecule has 18 heavy (non-hydrogen) atoms. The fraction of sp³-hybridized carbons (Fsp3) is 0.500. The molecule has 1 aliphatic carbocycles. The average Bonchev–Trinajstić information content (AvgIpc) is 3.11. The number of aliphatic hydroxyl groups excluding tert-OH is 1. The third kappa shape index (κ3) is 3.47. The Hall–Kier alpha value is -1.55. The first kappa shape index (κ1) is 12.9. The third-order valence-electron chi connectivity index (χ3n) is 2.92. The van der Waals surface area contributed by atoms with Crippen LogP contribution >= 0.6 is 0 Å². The molecule has 4 nitrogen and oxygen atoms in total. The Labute approximate surface area is 107 Å². The molecule has 1 amide bonds. The standard InChI is InChI=1S/C14H19NO3/c1-9-3-6-13(12(7-9)10(2)16)18-8-14(17)15-11-4-5-11/h3,6-7,10-11,16H,4-5,8H2,1-2H3,(H,15,17). The van der Waals surface area contributed by atoms with Gasteiger partial charge >= 0.3 is 0 Å². The third-order valence-corrected chi connectivity index (χ3v) is 2.92. The molecule has 1 fully saturated rings. The van der Waals surface area contributed by atoms with Gasteiger partial charge in [0.1, 0.15) is 5.75 Å². The SMILES string of the molecule is Cc1ccc(OCC(=O)NC2CC2)c(C(C)O)c1. The zero-order valence-electron chi connectivity index (χ0n) is 10.8. The van der Waals surface area contributed by atoms with Gasteiger partial charge in [-0.3, -0.25) is 4.79 Å². The summed E-state index contributed by atoms with van der Waals surface area (Å²) in [4.78, 5) is 11.5. The van der Waals surface area contributed by atoms with E-state index in [2.05, 4.69) is 5.32 Å². The second-order valence-electron chi connectivity index (χ2n) is 4.85. The van der Waals surface area contributed by atoms with Crippen molar-refractivity contribution in [2.45, 2.75) is 38.8 Å². The smallest absolute Gasteiger partial charge is 0.258 e. The number of ether oxygens (including phenoxy) is 1. The molecule has 0 spiro atoms. The van der Waals surface area contributed by atoms with Gasteiger partial charge in [-0.2, -0.15) is 0 Å². The molecular formula is C14H19NO3. The fourth-order valence-electron chi connectivity index (χ4n) is 1.77. The minimum atomic E-state index is -0.605. The Morgan fingerprint density at radius 1 is 1.56 bits per heavy atom. The number of benzene rings is 1. The van der Waals surface area contributed by atoms with Gasteiger partial charge in [-0.1, -0.05) is 11.6 Å². The van der Waals surface area contributed by atoms with Crippen molar-refractivity contribution in [1.29, 1.82) is 0 Å². The second kappa shape index (κ2) is 5.40. The van der Waals surface area contributed by atoms with Crippen molar-refractivity contribution in [2.75, 3.05) is 6.61 Å². The first-order valence-electron chi connectivity index (χ1n) is 6.27. The lowest BCUT2D eigenvalue weighted by Gasteiger charge is -2.14. The molecule has 2 N–H and O–H groups in total. The van der Waals surface area contributed by atoms with E-state index in [1.165, 1.54) is 0 Å². The van der Waals surface area contributed by atoms with Crippen LogP contribution in [-0.2, 0) is 4.79 Å². The van der Waals surface area contributed by atoms with E-state index in [4.69, 9.17) is 4.74 Å². The van der Waals surface area contributed by atoms with E-state index in [1.54, 1.807) is 13.0 Å². The molecule has 2 rings (SSSR count). The number of hydrogen-bond donors (Lipinski definition) is 2. The van der Waals surface area contributed by atoms with E-state index in [1.807, 2.05) is 19.1 Å². The number of carbonyl (C=O) groups excluding carboxylic acids is 1. The van der Waals surface area contributed by atoms with Gasteiger partial charge in [-0.05, 0) is 38.8 Å². The van der Waals surface area contributed by atoms with E-state index in [-0.39, 0.29) is 12.5 Å². The molecule has 0 aliphatic heterocycles. The molecule has 1 aliphatic rings. The minimum absolute atomic E-state index is 0.000713. The maximum absolute atomic E-state index is 11.5. The van der Waals surface area contributed by atoms with Gasteiger partial charge in [0.15, 0.2) is 6.61 Å². The number of amides is 1. The van der Waals surface area contributed by atoms with Gasteiger partial charge < -0.3 is 15.2 Å². The van der Waals surface area contributed by atoms with Gasteiger partial charge in [-0.15, -0.1) is 0 Å². The topological polar surface area (TPSA) is 58.6 Å². The number of rotatable bonds is 5. The van der Waals surface area contributed by atoms with Gasteiger partial charge in [0, 0.05) is 11.6 Å². The van der Waals surface area contributed by atoms with Crippen LogP contribution in [0.3, 0.4) is 0 Å². The van der Waals surface area contributed by atoms with Crippen molar-refractivity contribution in [3.8, 4) is 5.75 Å². The van der Waals surface area contributed by atoms with Crippen molar-refractivity contribution in [3.63, 3.8) is 0 Å². The first-order valence-corrected chi connectivity index (χ1v) is 6.27. The summed E-state index contributed by atoms with van der Waals surface area (Å²) in [6.07, 6.45) is 1.52. The van der Waals surface area contributed by atoms with Gasteiger partial charge in [0.25, 0.3) is 5.91 Å². The molecule has 98 valence electrons. The van der Waals surface area contributed by atoms with Crippen molar-refractivity contribution >= 4 is 5.91 Å². The molecule has 0 radical (unpaired) electrons. The molecule has 1 aromatic rings. The number of hydrogen-bond acceptors (Lipinski definition) is 3. The van der Waals surface area contributed by atoms with Crippen LogP contribution in [-0.4, -0.2) is 23.7 Å². The van der Waals surface area contributed by atoms with E-state index >= 15 is 0 Å². The number of carbonyl (C=O) groups is 1. The lowest BCUT2D eigenvalue weighted by Crippen LogP contribution is -2.30. The summed E-state index contributed by atoms with van der Waals surface area (Å²) in [6, 6.07) is 5.91. The van der Waals surface area contributed by atoms with Crippen molar-refractivity contribution < 1.29 is 14.6 Å². The van der Waals surface area contributed by atoms with Crippen molar-refractivity contribution in [2.24, 2.45) is 0 Å². The van der Waals surface area contributed by atoms with Crippen LogP contribution in [0.5, 0.6) is 5.75 Å². The van der Waals surface area contributed by atoms with Gasteiger partial charge in [0.05, 0.1) is 6.10 Å². The summed E-state index contributed by atoms with van der Waals surface area (Å²) in [5.74, 6) is 0.469. The zero-order valence-corrected chi connectivity index (χ0v) is 10.8. The van der Waals surface area contributed by atoms with Crippen LogP contribution in [0, 0.1) is 6.92 Å². The summed E-state index contributed by atoms with van der Waals surface area (Å²) < 4.78 is 5.47. The fourth-order valence-corrected chi connectivity index (χ4v) is 1.77. The average molecular weight is 249 g/mol. The molecule has 0 aromatic heterocycles. The molecular weight excluding hydrogens is 230 g/mol. The largest absolute Gasteiger partial charge is 0.483 e. The van der Waals surface area contributed by atoms with Crippen LogP contribution in [0.4, 0.5) is 0 Å². The Morgan fingerprint density at radius 3 is 2.89 bits per heavy atom. The first-order chi connectivity index (χ1) is 8.56. The predicted octanol–water partition coefficient (Wildman–Crippen LogP) is 1.71. The Balaban J connectivity index is 1.96. The molecule has 0 bridgehead atoms. The second-order valence-corrected chi connectivity index (χ2v) is 4.85. The zero-order chi connectivity index (χ0) is 13.1. The van der Waals surface area contributed by atoms with E-state index < -0.39 is 6.10 Å². The van der Waals surface area contributed by atoms with Crippen molar-refractivity contribution in [3.05, 3.63) is 29.3 Å². The Morgan fingerprint density at radius 2 is 2.28 bits per heavy atom. The summed E-state index contributed by atoms with van der Waals surface area (Å²) in [7, 11) is 0. The summed E-state index contributed by atoms with van der Waals surface area (Å²) in [6.45, 7) is 3.64. The minimum Gasteiger partial charge on any atom is -0.483 e. The lowest BCUT2D eigenvalue weighted by atomic mass is 10.1. The monoisotopic (exact) mass is 249 g/mol. The highest BCUT2D eigenvalue weighted by atomic mass is 16.5. The highest BCUT2D eigenvalue weighted by Crippen LogP contribution is 2.26. The number of nitrogens with one attached hydrogen (secondary N) is 1. The van der Waals surface area contributed by atoms with Crippen LogP contribution < -0.4 is 10.1 Å². The maximum atomic E-state index is 11.5. The predicted molar refractivity (Wildman–Crippen MR) is 68.5 cm³/mol. The molecule has 0 saturated heterocycles. The maximum Gasteiger partial charge on any atom is 0.258 e. The molecule has 0 heterocycles. The van der Waals surface area contributed by atoms with Crippen LogP contribution in [0.1, 0.15) is 37.0 Å². The number of aliphatic hydroxyl groups is 1. The van der Waals surface area contributed by atoms with E-state index in [0.29, 0.717) is 17.4 Å². The van der Waals surface area contributed by atoms with Gasteiger partial charge in [0.2, 0.25) is 0 Å². The Bertz CT molecular complexity index is 439. The molecule has 1 saturated carbocycles. The van der Waals surface area contributed by atoms with Crippen LogP contribution in [0.2, 0.25) is 0 Å². The van der Waals surface area contributed by atoms with Crippen LogP contribution in [0.25, 0.3) is 0 Å². The lowest BCUT2D eigenvalue weighted by molar-refractivity contribution is -0.123. The molecule has 4 heteroatoms. The highest BCUT2D eigenvalue weighted by Gasteiger charge is 2.23. The number of aryl methyl sites for hydroxylation is 1. The normalized spacial score (nSPS) is 16.2. The van der Waals surface area contributed by atoms with E-state index in [0.717, 1.165) is 18.4 Å². The quantitative estimate of drug-likeness (QED) is 0.835. The molecule has 1 unspecified atom stereocenters. The Kier molecular flexibility index (Phi) is 3.87. The summed E-state index contributed by atoms with van der Waals surface area (Å²) in [5.41, 5.74) is 1.77.